The predicted octanol–water partition coefficient (Wildman–Crippen LogP) is 4.22. The molecule has 94 valence electrons. The van der Waals surface area contributed by atoms with Gasteiger partial charge < -0.3 is 10.0 Å². The van der Waals surface area contributed by atoms with Gasteiger partial charge in [-0.1, -0.05) is 69.2 Å². The van der Waals surface area contributed by atoms with E-state index >= 15 is 0 Å². The van der Waals surface area contributed by atoms with Crippen molar-refractivity contribution in [2.75, 3.05) is 0 Å². The fourth-order valence-electron chi connectivity index (χ4n) is 0. The largest absolute Gasteiger partial charge is 0.448 e. The van der Waals surface area contributed by atoms with Crippen molar-refractivity contribution in [3.63, 3.8) is 0 Å². The SMILES string of the molecule is CB(O)O.CC.CC.CC.CC.CC. The van der Waals surface area contributed by atoms with Crippen molar-refractivity contribution < 1.29 is 10.0 Å². The van der Waals surface area contributed by atoms with Gasteiger partial charge in [-0.3, -0.25) is 0 Å². The van der Waals surface area contributed by atoms with Crippen molar-refractivity contribution in [1.29, 1.82) is 0 Å². The second-order valence-electron chi connectivity index (χ2n) is 0.632. The first-order valence-corrected chi connectivity index (χ1v) is 6.09. The first-order chi connectivity index (χ1) is 6.73. The van der Waals surface area contributed by atoms with Gasteiger partial charge in [0.2, 0.25) is 0 Å². The van der Waals surface area contributed by atoms with Crippen LogP contribution in [0.2, 0.25) is 6.82 Å². The van der Waals surface area contributed by atoms with Crippen LogP contribution in [0.15, 0.2) is 0 Å². The van der Waals surface area contributed by atoms with E-state index in [1.807, 2.05) is 69.2 Å². The summed E-state index contributed by atoms with van der Waals surface area (Å²) < 4.78 is 0. The highest BCUT2D eigenvalue weighted by Crippen LogP contribution is 1.51. The summed E-state index contributed by atoms with van der Waals surface area (Å²) in [6.07, 6.45) is 0. The molecule has 0 aliphatic heterocycles. The summed E-state index contributed by atoms with van der Waals surface area (Å²) in [6.45, 7) is 21.3. The number of rotatable bonds is 0. The molecule has 0 fully saturated rings. The Bertz CT molecular complexity index is 18.0. The van der Waals surface area contributed by atoms with Gasteiger partial charge in [-0.15, -0.1) is 0 Å². The molecule has 2 N–H and O–H groups in total. The molecule has 0 amide bonds. The molecule has 2 nitrogen and oxygen atoms in total. The zero-order valence-corrected chi connectivity index (χ0v) is 12.5. The van der Waals surface area contributed by atoms with Gasteiger partial charge in [-0.25, -0.2) is 0 Å². The smallest absolute Gasteiger partial charge is 0.427 e. The van der Waals surface area contributed by atoms with Gasteiger partial charge in [-0.05, 0) is 6.82 Å². The Labute approximate surface area is 93.9 Å². The summed E-state index contributed by atoms with van der Waals surface area (Å²) in [6, 6.07) is 0. The van der Waals surface area contributed by atoms with E-state index in [9.17, 15) is 0 Å². The molecule has 0 aliphatic carbocycles. The second-order valence-corrected chi connectivity index (χ2v) is 0.632. The van der Waals surface area contributed by atoms with Crippen LogP contribution in [0.3, 0.4) is 0 Å². The Balaban J connectivity index is -0.0000000143. The van der Waals surface area contributed by atoms with Crippen LogP contribution in [0.25, 0.3) is 0 Å². The Morgan fingerprint density at radius 3 is 0.500 bits per heavy atom. The summed E-state index contributed by atoms with van der Waals surface area (Å²) in [5.74, 6) is 0. The fraction of sp³-hybridized carbons (Fsp3) is 1.00. The molecule has 0 aromatic rings. The summed E-state index contributed by atoms with van der Waals surface area (Å²) in [4.78, 5) is 0. The Kier molecular flexibility index (Phi) is 553. The van der Waals surface area contributed by atoms with Crippen LogP contribution in [-0.2, 0) is 0 Å². The molecule has 14 heavy (non-hydrogen) atoms. The third-order valence-corrected chi connectivity index (χ3v) is 0. The molecule has 0 radical (unpaired) electrons. The summed E-state index contributed by atoms with van der Waals surface area (Å²) in [5.41, 5.74) is 0. The standard InChI is InChI=1S/5C2H6.CH5BO2/c5*1-2;1-2(3)4/h5*1-2H3;3-4H,1H3. The Hall–Kier alpha value is -0.0151. The molecule has 0 spiro atoms. The lowest BCUT2D eigenvalue weighted by atomic mass is 9.99. The normalized spacial score (nSPS) is 4.07. The quantitative estimate of drug-likeness (QED) is 0.587. The van der Waals surface area contributed by atoms with E-state index in [1.165, 1.54) is 6.82 Å². The highest BCUT2D eigenvalue weighted by atomic mass is 16.4. The Morgan fingerprint density at radius 2 is 0.500 bits per heavy atom. The van der Waals surface area contributed by atoms with Gasteiger partial charge in [0.25, 0.3) is 0 Å². The maximum Gasteiger partial charge on any atom is 0.448 e. The van der Waals surface area contributed by atoms with Gasteiger partial charge in [0.05, 0.1) is 0 Å². The van der Waals surface area contributed by atoms with Crippen molar-refractivity contribution >= 4 is 7.12 Å². The maximum absolute atomic E-state index is 7.61. The first kappa shape index (κ1) is 37.0. The molecule has 0 aliphatic rings. The zero-order chi connectivity index (χ0) is 13.6. The van der Waals surface area contributed by atoms with Gasteiger partial charge in [0.15, 0.2) is 0 Å². The molecule has 0 aromatic carbocycles. The zero-order valence-electron chi connectivity index (χ0n) is 12.5. The molecular formula is C11H35BO2. The van der Waals surface area contributed by atoms with Gasteiger partial charge in [0, 0.05) is 0 Å². The average molecular weight is 210 g/mol. The van der Waals surface area contributed by atoms with E-state index in [1.54, 1.807) is 0 Å². The van der Waals surface area contributed by atoms with Gasteiger partial charge in [0.1, 0.15) is 0 Å². The first-order valence-electron chi connectivity index (χ1n) is 6.09. The molecule has 0 saturated heterocycles. The van der Waals surface area contributed by atoms with E-state index in [0.717, 1.165) is 0 Å². The van der Waals surface area contributed by atoms with E-state index < -0.39 is 7.12 Å². The summed E-state index contributed by atoms with van der Waals surface area (Å²) in [5, 5.41) is 15.2. The van der Waals surface area contributed by atoms with Crippen LogP contribution >= 0.6 is 0 Å². The lowest BCUT2D eigenvalue weighted by Crippen LogP contribution is -2.00. The lowest BCUT2D eigenvalue weighted by Gasteiger charge is -1.71. The highest BCUT2D eigenvalue weighted by Gasteiger charge is 1.86. The second kappa shape index (κ2) is 209. The van der Waals surface area contributed by atoms with Crippen LogP contribution in [0.5, 0.6) is 0 Å². The molecule has 0 heterocycles. The van der Waals surface area contributed by atoms with Gasteiger partial charge in [-0.2, -0.15) is 0 Å². The topological polar surface area (TPSA) is 40.5 Å². The molecular weight excluding hydrogens is 175 g/mol. The third-order valence-electron chi connectivity index (χ3n) is 0. The minimum absolute atomic E-state index is 1.17. The highest BCUT2D eigenvalue weighted by molar-refractivity contribution is 6.38. The summed E-state index contributed by atoms with van der Waals surface area (Å²) in [7, 11) is -1.17. The van der Waals surface area contributed by atoms with Crippen molar-refractivity contribution in [2.24, 2.45) is 0 Å². The van der Waals surface area contributed by atoms with Crippen LogP contribution in [-0.4, -0.2) is 17.2 Å². The molecule has 0 unspecified atom stereocenters. The van der Waals surface area contributed by atoms with E-state index in [-0.39, 0.29) is 0 Å². The molecule has 0 atom stereocenters. The average Bonchev–Trinajstić information content (AvgIpc) is 2.30. The number of hydrogen-bond donors (Lipinski definition) is 2. The van der Waals surface area contributed by atoms with Crippen LogP contribution in [0.4, 0.5) is 0 Å². The van der Waals surface area contributed by atoms with Crippen molar-refractivity contribution in [3.8, 4) is 0 Å². The van der Waals surface area contributed by atoms with Crippen LogP contribution < -0.4 is 0 Å². The molecule has 0 bridgehead atoms. The van der Waals surface area contributed by atoms with Crippen LogP contribution in [0.1, 0.15) is 69.2 Å². The fourth-order valence-corrected chi connectivity index (χ4v) is 0. The molecule has 3 heteroatoms. The minimum atomic E-state index is -1.17. The third kappa shape index (κ3) is 6370000. The van der Waals surface area contributed by atoms with Crippen molar-refractivity contribution in [1.82, 2.24) is 0 Å². The maximum atomic E-state index is 7.61. The molecule has 0 saturated carbocycles. The van der Waals surface area contributed by atoms with Gasteiger partial charge >= 0.3 is 7.12 Å². The Morgan fingerprint density at radius 1 is 0.500 bits per heavy atom. The molecule has 0 aromatic heterocycles. The van der Waals surface area contributed by atoms with E-state index in [4.69, 9.17) is 10.0 Å². The monoisotopic (exact) mass is 210 g/mol. The summed E-state index contributed by atoms with van der Waals surface area (Å²) >= 11 is 0. The lowest BCUT2D eigenvalue weighted by molar-refractivity contribution is 0.417. The van der Waals surface area contributed by atoms with Crippen LogP contribution in [0, 0.1) is 0 Å². The minimum Gasteiger partial charge on any atom is -0.427 e. The van der Waals surface area contributed by atoms with E-state index in [0.29, 0.717) is 0 Å². The number of hydrogen-bond acceptors (Lipinski definition) is 2. The van der Waals surface area contributed by atoms with Crippen molar-refractivity contribution in [3.05, 3.63) is 0 Å². The van der Waals surface area contributed by atoms with E-state index in [2.05, 4.69) is 0 Å². The van der Waals surface area contributed by atoms with Crippen molar-refractivity contribution in [2.45, 2.75) is 76.1 Å². The predicted molar refractivity (Wildman–Crippen MR) is 72.8 cm³/mol. The molecule has 0 rings (SSSR count).